The fraction of sp³-hybridized carbons (Fsp3) is 0.100. The molecule has 2 rings (SSSR count). The quantitative estimate of drug-likeness (QED) is 0.743. The molecule has 1 radical (unpaired) electrons. The van der Waals surface area contributed by atoms with Gasteiger partial charge in [0.25, 0.3) is 0 Å². The van der Waals surface area contributed by atoms with Crippen molar-refractivity contribution in [3.05, 3.63) is 42.7 Å². The molecule has 0 amide bonds. The number of halogens is 1. The van der Waals surface area contributed by atoms with E-state index >= 15 is 0 Å². The van der Waals surface area contributed by atoms with E-state index in [1.165, 1.54) is 0 Å². The van der Waals surface area contributed by atoms with Crippen LogP contribution in [-0.4, -0.2) is 22.0 Å². The Morgan fingerprint density at radius 3 is 2.60 bits per heavy atom. The Labute approximate surface area is 86.4 Å². The minimum absolute atomic E-state index is 0.230. The Hall–Kier alpha value is -2.04. The van der Waals surface area contributed by atoms with E-state index in [1.807, 2.05) is 30.3 Å². The third kappa shape index (κ3) is 2.07. The topological polar surface area (TPSA) is 41.9 Å². The summed E-state index contributed by atoms with van der Waals surface area (Å²) in [6.45, 7) is 0. The third-order valence-electron chi connectivity index (χ3n) is 1.93. The molecule has 15 heavy (non-hydrogen) atoms. The molecule has 0 spiro atoms. The van der Waals surface area contributed by atoms with Gasteiger partial charge in [0.1, 0.15) is 0 Å². The van der Waals surface area contributed by atoms with E-state index in [4.69, 9.17) is 0 Å². The van der Waals surface area contributed by atoms with E-state index in [1.54, 1.807) is 11.9 Å². The SMILES string of the molecule is CN(c1ccccc1)c1n[c]nc(F)n1. The highest BCUT2D eigenvalue weighted by atomic mass is 19.1. The van der Waals surface area contributed by atoms with Crippen LogP contribution in [0.3, 0.4) is 0 Å². The summed E-state index contributed by atoms with van der Waals surface area (Å²) in [7, 11) is 1.75. The first-order chi connectivity index (χ1) is 7.27. The summed E-state index contributed by atoms with van der Waals surface area (Å²) < 4.78 is 12.7. The lowest BCUT2D eigenvalue weighted by Crippen LogP contribution is -2.14. The lowest BCUT2D eigenvalue weighted by Gasteiger charge is -2.15. The Kier molecular flexibility index (Phi) is 2.53. The highest BCUT2D eigenvalue weighted by Gasteiger charge is 2.07. The van der Waals surface area contributed by atoms with Crippen LogP contribution in [0.15, 0.2) is 30.3 Å². The van der Waals surface area contributed by atoms with Gasteiger partial charge in [0.15, 0.2) is 0 Å². The number of rotatable bonds is 2. The van der Waals surface area contributed by atoms with Crippen molar-refractivity contribution in [2.75, 3.05) is 11.9 Å². The van der Waals surface area contributed by atoms with Crippen molar-refractivity contribution in [3.8, 4) is 0 Å². The number of benzene rings is 1. The van der Waals surface area contributed by atoms with Crippen LogP contribution < -0.4 is 4.90 Å². The van der Waals surface area contributed by atoms with Gasteiger partial charge in [-0.15, -0.1) is 0 Å². The first-order valence-corrected chi connectivity index (χ1v) is 4.34. The van der Waals surface area contributed by atoms with Gasteiger partial charge in [-0.25, -0.2) is 0 Å². The summed E-state index contributed by atoms with van der Waals surface area (Å²) in [5.41, 5.74) is 0.872. The Morgan fingerprint density at radius 1 is 1.20 bits per heavy atom. The summed E-state index contributed by atoms with van der Waals surface area (Å²) >= 11 is 0. The molecule has 0 aliphatic carbocycles. The Balaban J connectivity index is 2.32. The van der Waals surface area contributed by atoms with Gasteiger partial charge in [0, 0.05) is 12.7 Å². The van der Waals surface area contributed by atoms with Crippen molar-refractivity contribution in [3.63, 3.8) is 0 Å². The van der Waals surface area contributed by atoms with Crippen LogP contribution >= 0.6 is 0 Å². The predicted molar refractivity (Wildman–Crippen MR) is 53.1 cm³/mol. The third-order valence-corrected chi connectivity index (χ3v) is 1.93. The summed E-state index contributed by atoms with van der Waals surface area (Å²) in [5, 5.41) is 0. The predicted octanol–water partition coefficient (Wildman–Crippen LogP) is 1.58. The average Bonchev–Trinajstić information content (AvgIpc) is 2.29. The molecule has 75 valence electrons. The molecule has 5 heteroatoms. The van der Waals surface area contributed by atoms with Crippen LogP contribution in [0.25, 0.3) is 0 Å². The molecule has 0 N–H and O–H groups in total. The van der Waals surface area contributed by atoms with E-state index in [-0.39, 0.29) is 5.95 Å². The van der Waals surface area contributed by atoms with Crippen LogP contribution in [0.1, 0.15) is 0 Å². The summed E-state index contributed by atoms with van der Waals surface area (Å²) in [6.07, 6.45) is 1.37. The fourth-order valence-corrected chi connectivity index (χ4v) is 1.16. The molecular formula is C10H8FN4. The first-order valence-electron chi connectivity index (χ1n) is 4.34. The van der Waals surface area contributed by atoms with E-state index in [2.05, 4.69) is 21.3 Å². The van der Waals surface area contributed by atoms with Crippen LogP contribution in [0.2, 0.25) is 0 Å². The van der Waals surface area contributed by atoms with Gasteiger partial charge in [-0.05, 0) is 12.1 Å². The molecule has 4 nitrogen and oxygen atoms in total. The fourth-order valence-electron chi connectivity index (χ4n) is 1.16. The van der Waals surface area contributed by atoms with Gasteiger partial charge in [-0.3, -0.25) is 0 Å². The minimum atomic E-state index is -0.831. The number of anilines is 2. The molecule has 2 aromatic rings. The summed E-state index contributed by atoms with van der Waals surface area (Å²) in [6, 6.07) is 9.42. The molecule has 0 saturated carbocycles. The number of aromatic nitrogens is 3. The maximum absolute atomic E-state index is 12.7. The molecule has 0 fully saturated rings. The highest BCUT2D eigenvalue weighted by Crippen LogP contribution is 2.17. The van der Waals surface area contributed by atoms with Crippen molar-refractivity contribution in [1.29, 1.82) is 0 Å². The van der Waals surface area contributed by atoms with E-state index < -0.39 is 6.08 Å². The second-order valence-corrected chi connectivity index (χ2v) is 2.90. The van der Waals surface area contributed by atoms with Crippen LogP contribution in [0.5, 0.6) is 0 Å². The molecule has 0 bridgehead atoms. The standard InChI is InChI=1S/C10H8FN4/c1-15(8-5-3-2-4-6-8)10-13-7-12-9(11)14-10/h2-6H,1H3. The average molecular weight is 203 g/mol. The zero-order valence-corrected chi connectivity index (χ0v) is 8.05. The molecular weight excluding hydrogens is 195 g/mol. The van der Waals surface area contributed by atoms with Crippen LogP contribution in [0.4, 0.5) is 16.0 Å². The van der Waals surface area contributed by atoms with E-state index in [0.717, 1.165) is 5.69 Å². The first kappa shape index (κ1) is 9.51. The van der Waals surface area contributed by atoms with Crippen LogP contribution in [0, 0.1) is 12.4 Å². The van der Waals surface area contributed by atoms with Crippen LogP contribution in [-0.2, 0) is 0 Å². The second-order valence-electron chi connectivity index (χ2n) is 2.90. The van der Waals surface area contributed by atoms with Gasteiger partial charge in [0.2, 0.25) is 12.3 Å². The second kappa shape index (κ2) is 4.00. The van der Waals surface area contributed by atoms with Crippen molar-refractivity contribution in [2.24, 2.45) is 0 Å². The summed E-state index contributed by atoms with van der Waals surface area (Å²) in [4.78, 5) is 12.1. The number of nitrogens with zero attached hydrogens (tertiary/aromatic N) is 4. The maximum Gasteiger partial charge on any atom is 0.314 e. The lowest BCUT2D eigenvalue weighted by atomic mass is 10.3. The van der Waals surface area contributed by atoms with E-state index in [9.17, 15) is 4.39 Å². The normalized spacial score (nSPS) is 10.0. The molecule has 1 heterocycles. The molecule has 0 unspecified atom stereocenters. The molecule has 0 saturated heterocycles. The number of hydrogen-bond acceptors (Lipinski definition) is 4. The van der Waals surface area contributed by atoms with Crippen molar-refractivity contribution < 1.29 is 4.39 Å². The largest absolute Gasteiger partial charge is 0.314 e. The smallest absolute Gasteiger partial charge is 0.313 e. The zero-order chi connectivity index (χ0) is 10.7. The van der Waals surface area contributed by atoms with Gasteiger partial charge in [0.05, 0.1) is 0 Å². The zero-order valence-electron chi connectivity index (χ0n) is 8.05. The lowest BCUT2D eigenvalue weighted by molar-refractivity contribution is 0.531. The highest BCUT2D eigenvalue weighted by molar-refractivity contribution is 5.55. The van der Waals surface area contributed by atoms with Crippen molar-refractivity contribution in [2.45, 2.75) is 0 Å². The van der Waals surface area contributed by atoms with Crippen molar-refractivity contribution >= 4 is 11.6 Å². The van der Waals surface area contributed by atoms with Gasteiger partial charge < -0.3 is 4.90 Å². The Bertz CT molecular complexity index is 446. The van der Waals surface area contributed by atoms with Gasteiger partial charge >= 0.3 is 6.08 Å². The molecule has 1 aromatic heterocycles. The summed E-state index contributed by atoms with van der Waals surface area (Å²) in [5.74, 6) is 0.230. The molecule has 0 aliphatic heterocycles. The number of para-hydroxylation sites is 1. The molecule has 0 aliphatic rings. The van der Waals surface area contributed by atoms with Crippen molar-refractivity contribution in [1.82, 2.24) is 15.0 Å². The maximum atomic E-state index is 12.7. The molecule has 0 atom stereocenters. The van der Waals surface area contributed by atoms with Gasteiger partial charge in [-0.1, -0.05) is 18.2 Å². The molecule has 1 aromatic carbocycles. The Morgan fingerprint density at radius 2 is 1.93 bits per heavy atom. The minimum Gasteiger partial charge on any atom is -0.313 e. The monoisotopic (exact) mass is 203 g/mol. The number of hydrogen-bond donors (Lipinski definition) is 0. The van der Waals surface area contributed by atoms with E-state index in [0.29, 0.717) is 0 Å². The van der Waals surface area contributed by atoms with Gasteiger partial charge in [-0.2, -0.15) is 19.3 Å².